The molecular weight excluding hydrogens is 513 g/mol. The standard InChI is InChI=1S/C27H33F3N6O3/c1-17(20-15-19(11-12-23(20)38-5)36-24(27(28,29)30)32-33-34-36)31-22-13-14-35(25(37)39-26(2,3)4)16-21(22)18-9-7-6-8-10-18/h6-12,15,17,21-22,31H,13-14,16H2,1-5H3/t17-,21-,22-/m0/s1. The van der Waals surface area contributed by atoms with Crippen molar-refractivity contribution >= 4 is 6.09 Å². The van der Waals surface area contributed by atoms with Crippen LogP contribution >= 0.6 is 0 Å². The monoisotopic (exact) mass is 546 g/mol. The lowest BCUT2D eigenvalue weighted by atomic mass is 9.85. The number of halogens is 3. The van der Waals surface area contributed by atoms with Gasteiger partial charge < -0.3 is 19.7 Å². The van der Waals surface area contributed by atoms with Gasteiger partial charge in [0.15, 0.2) is 0 Å². The molecule has 0 spiro atoms. The van der Waals surface area contributed by atoms with Crippen LogP contribution in [0.3, 0.4) is 0 Å². The molecule has 0 bridgehead atoms. The average molecular weight is 547 g/mol. The zero-order valence-corrected chi connectivity index (χ0v) is 22.6. The minimum atomic E-state index is -4.71. The van der Waals surface area contributed by atoms with Crippen LogP contribution in [0.2, 0.25) is 0 Å². The third kappa shape index (κ3) is 6.67. The summed E-state index contributed by atoms with van der Waals surface area (Å²) < 4.78 is 52.1. The fourth-order valence-corrected chi connectivity index (χ4v) is 4.82. The number of aromatic nitrogens is 4. The number of alkyl halides is 3. The van der Waals surface area contributed by atoms with E-state index in [0.717, 1.165) is 5.56 Å². The molecule has 0 radical (unpaired) electrons. The highest BCUT2D eigenvalue weighted by Crippen LogP contribution is 2.34. The van der Waals surface area contributed by atoms with Crippen molar-refractivity contribution in [1.29, 1.82) is 0 Å². The Labute approximate surface area is 225 Å². The maximum Gasteiger partial charge on any atom is 0.453 e. The molecule has 1 N–H and O–H groups in total. The molecule has 0 saturated carbocycles. The van der Waals surface area contributed by atoms with E-state index in [-0.39, 0.29) is 29.8 Å². The van der Waals surface area contributed by atoms with E-state index >= 15 is 0 Å². The summed E-state index contributed by atoms with van der Waals surface area (Å²) in [5, 5.41) is 13.6. The zero-order valence-electron chi connectivity index (χ0n) is 22.6. The second kappa shape index (κ2) is 11.2. The molecule has 1 aliphatic heterocycles. The number of benzene rings is 2. The molecule has 3 atom stereocenters. The Balaban J connectivity index is 1.60. The molecule has 0 unspecified atom stereocenters. The molecule has 1 aromatic heterocycles. The van der Waals surface area contributed by atoms with E-state index in [9.17, 15) is 18.0 Å². The lowest BCUT2D eigenvalue weighted by Gasteiger charge is -2.41. The predicted octanol–water partition coefficient (Wildman–Crippen LogP) is 5.13. The molecule has 4 rings (SSSR count). The second-order valence-electron chi connectivity index (χ2n) is 10.6. The number of nitrogens with one attached hydrogen (secondary N) is 1. The van der Waals surface area contributed by atoms with E-state index in [4.69, 9.17) is 9.47 Å². The summed E-state index contributed by atoms with van der Waals surface area (Å²) >= 11 is 0. The highest BCUT2D eigenvalue weighted by Gasteiger charge is 2.39. The quantitative estimate of drug-likeness (QED) is 0.458. The van der Waals surface area contributed by atoms with Crippen molar-refractivity contribution in [1.82, 2.24) is 30.4 Å². The van der Waals surface area contributed by atoms with Gasteiger partial charge in [-0.1, -0.05) is 30.3 Å². The lowest BCUT2D eigenvalue weighted by Crippen LogP contribution is -2.51. The third-order valence-corrected chi connectivity index (χ3v) is 6.60. The van der Waals surface area contributed by atoms with Crippen LogP contribution in [0.4, 0.5) is 18.0 Å². The number of tetrazole rings is 1. The molecule has 0 aliphatic carbocycles. The fourth-order valence-electron chi connectivity index (χ4n) is 4.82. The SMILES string of the molecule is COc1ccc(-n2nnnc2C(F)(F)F)cc1[C@H](C)N[C@H]1CCN(C(=O)OC(C)(C)C)C[C@H]1c1ccccc1. The van der Waals surface area contributed by atoms with Crippen LogP contribution < -0.4 is 10.1 Å². The van der Waals surface area contributed by atoms with Gasteiger partial charge in [-0.05, 0) is 68.3 Å². The first-order valence-electron chi connectivity index (χ1n) is 12.7. The van der Waals surface area contributed by atoms with Crippen molar-refractivity contribution in [2.24, 2.45) is 0 Å². The molecule has 1 fully saturated rings. The highest BCUT2D eigenvalue weighted by atomic mass is 19.4. The summed E-state index contributed by atoms with van der Waals surface area (Å²) in [4.78, 5) is 14.6. The molecule has 1 aliphatic rings. The molecule has 3 aromatic rings. The Morgan fingerprint density at radius 2 is 1.85 bits per heavy atom. The van der Waals surface area contributed by atoms with Crippen molar-refractivity contribution in [3.8, 4) is 11.4 Å². The molecular formula is C27H33F3N6O3. The number of hydrogen-bond acceptors (Lipinski definition) is 7. The Hall–Kier alpha value is -3.67. The number of amides is 1. The van der Waals surface area contributed by atoms with Gasteiger partial charge in [-0.2, -0.15) is 17.9 Å². The molecule has 9 nitrogen and oxygen atoms in total. The Morgan fingerprint density at radius 1 is 1.13 bits per heavy atom. The summed E-state index contributed by atoms with van der Waals surface area (Å²) in [5.74, 6) is -0.735. The van der Waals surface area contributed by atoms with Gasteiger partial charge in [0.25, 0.3) is 5.82 Å². The number of carbonyl (C=O) groups is 1. The van der Waals surface area contributed by atoms with Crippen molar-refractivity contribution in [2.45, 2.75) is 63.9 Å². The van der Waals surface area contributed by atoms with Gasteiger partial charge in [0.05, 0.1) is 12.8 Å². The molecule has 2 aromatic carbocycles. The maximum absolute atomic E-state index is 13.4. The first-order valence-corrected chi connectivity index (χ1v) is 12.7. The molecule has 1 saturated heterocycles. The topological polar surface area (TPSA) is 94.4 Å². The van der Waals surface area contributed by atoms with E-state index in [2.05, 4.69) is 20.8 Å². The van der Waals surface area contributed by atoms with Gasteiger partial charge in [-0.3, -0.25) is 0 Å². The average Bonchev–Trinajstić information content (AvgIpc) is 3.39. The van der Waals surface area contributed by atoms with Crippen LogP contribution in [0.1, 0.15) is 63.0 Å². The number of likely N-dealkylation sites (tertiary alicyclic amines) is 1. The number of nitrogens with zero attached hydrogens (tertiary/aromatic N) is 5. The summed E-state index contributed by atoms with van der Waals surface area (Å²) in [6.07, 6.45) is -4.42. The minimum absolute atomic E-state index is 0.0341. The highest BCUT2D eigenvalue weighted by molar-refractivity contribution is 5.68. The van der Waals surface area contributed by atoms with E-state index in [1.807, 2.05) is 58.0 Å². The van der Waals surface area contributed by atoms with Gasteiger partial charge in [0.1, 0.15) is 11.4 Å². The number of carbonyl (C=O) groups excluding carboxylic acids is 1. The molecule has 1 amide bonds. The smallest absolute Gasteiger partial charge is 0.453 e. The predicted molar refractivity (Wildman–Crippen MR) is 138 cm³/mol. The maximum atomic E-state index is 13.4. The Kier molecular flexibility index (Phi) is 8.15. The van der Waals surface area contributed by atoms with Gasteiger partial charge in [0, 0.05) is 36.7 Å². The van der Waals surface area contributed by atoms with Crippen molar-refractivity contribution in [3.05, 3.63) is 65.5 Å². The first kappa shape index (κ1) is 28.3. The van der Waals surface area contributed by atoms with Gasteiger partial charge in [-0.25, -0.2) is 4.79 Å². The van der Waals surface area contributed by atoms with Crippen LogP contribution in [0.5, 0.6) is 5.75 Å². The van der Waals surface area contributed by atoms with Crippen LogP contribution in [0.25, 0.3) is 5.69 Å². The molecule has 39 heavy (non-hydrogen) atoms. The summed E-state index contributed by atoms with van der Waals surface area (Å²) in [6.45, 7) is 8.39. The Morgan fingerprint density at radius 3 is 2.49 bits per heavy atom. The Bertz CT molecular complexity index is 1280. The van der Waals surface area contributed by atoms with E-state index in [1.54, 1.807) is 17.0 Å². The summed E-state index contributed by atoms with van der Waals surface area (Å²) in [6, 6.07) is 14.2. The molecule has 2 heterocycles. The van der Waals surface area contributed by atoms with Gasteiger partial charge in [-0.15, -0.1) is 5.10 Å². The number of methoxy groups -OCH3 is 1. The van der Waals surface area contributed by atoms with Crippen molar-refractivity contribution in [2.75, 3.05) is 20.2 Å². The van der Waals surface area contributed by atoms with Crippen LogP contribution in [-0.2, 0) is 10.9 Å². The molecule has 210 valence electrons. The van der Waals surface area contributed by atoms with Gasteiger partial charge >= 0.3 is 12.3 Å². The number of rotatable bonds is 6. The van der Waals surface area contributed by atoms with E-state index in [1.165, 1.54) is 13.2 Å². The van der Waals surface area contributed by atoms with Crippen molar-refractivity contribution < 1.29 is 27.4 Å². The van der Waals surface area contributed by atoms with Crippen LogP contribution in [0.15, 0.2) is 48.5 Å². The number of ether oxygens (including phenoxy) is 2. The second-order valence-corrected chi connectivity index (χ2v) is 10.6. The van der Waals surface area contributed by atoms with Crippen LogP contribution in [-0.4, -0.2) is 63.0 Å². The largest absolute Gasteiger partial charge is 0.496 e. The lowest BCUT2D eigenvalue weighted by molar-refractivity contribution is -0.146. The van der Waals surface area contributed by atoms with Crippen LogP contribution in [0, 0.1) is 0 Å². The summed E-state index contributed by atoms with van der Waals surface area (Å²) in [7, 11) is 1.51. The van der Waals surface area contributed by atoms with Crippen molar-refractivity contribution in [3.63, 3.8) is 0 Å². The molecule has 12 heteroatoms. The summed E-state index contributed by atoms with van der Waals surface area (Å²) in [5.41, 5.74) is 1.28. The number of hydrogen-bond donors (Lipinski definition) is 1. The third-order valence-electron chi connectivity index (χ3n) is 6.60. The number of piperidine rings is 1. The van der Waals surface area contributed by atoms with E-state index in [0.29, 0.717) is 35.5 Å². The fraction of sp³-hybridized carbons (Fsp3) is 0.481. The normalized spacial score (nSPS) is 19.0. The first-order chi connectivity index (χ1) is 18.4. The van der Waals surface area contributed by atoms with Gasteiger partial charge in [0.2, 0.25) is 0 Å². The minimum Gasteiger partial charge on any atom is -0.496 e. The zero-order chi connectivity index (χ0) is 28.4. The van der Waals surface area contributed by atoms with E-state index < -0.39 is 17.6 Å².